The van der Waals surface area contributed by atoms with E-state index in [2.05, 4.69) is 21.0 Å². The average Bonchev–Trinajstić information content (AvgIpc) is 3.17. The normalized spacial score (nSPS) is 16.2. The van der Waals surface area contributed by atoms with Gasteiger partial charge >= 0.3 is 0 Å². The molecule has 0 aromatic heterocycles. The van der Waals surface area contributed by atoms with Crippen molar-refractivity contribution in [2.45, 2.75) is 25.3 Å². The third-order valence-corrected chi connectivity index (χ3v) is 5.35. The lowest BCUT2D eigenvalue weighted by atomic mass is 9.98. The van der Waals surface area contributed by atoms with Crippen molar-refractivity contribution in [3.05, 3.63) is 64.1 Å². The molecule has 148 valence electrons. The number of carbonyl (C=O) groups is 1. The van der Waals surface area contributed by atoms with E-state index in [1.54, 1.807) is 0 Å². The third-order valence-electron chi connectivity index (χ3n) is 4.59. The van der Waals surface area contributed by atoms with Gasteiger partial charge in [0.25, 0.3) is 5.91 Å². The number of halogens is 2. The van der Waals surface area contributed by atoms with E-state index in [0.717, 1.165) is 39.9 Å². The van der Waals surface area contributed by atoms with Gasteiger partial charge in [0.05, 0.1) is 18.4 Å². The van der Waals surface area contributed by atoms with Gasteiger partial charge < -0.3 is 10.5 Å². The molecule has 1 heterocycles. The second kappa shape index (κ2) is 10.0. The van der Waals surface area contributed by atoms with Crippen LogP contribution in [0.2, 0.25) is 0 Å². The van der Waals surface area contributed by atoms with Gasteiger partial charge in [-0.3, -0.25) is 4.79 Å². The molecule has 0 radical (unpaired) electrons. The number of hydrogen-bond donors (Lipinski definition) is 1. The molecule has 1 aliphatic heterocycles. The first-order chi connectivity index (χ1) is 13.6. The summed E-state index contributed by atoms with van der Waals surface area (Å²) in [5.74, 6) is 0.500. The summed E-state index contributed by atoms with van der Waals surface area (Å²) >= 11 is 9.25. The number of rotatable bonds is 8. The van der Waals surface area contributed by atoms with Crippen LogP contribution >= 0.6 is 27.5 Å². The van der Waals surface area contributed by atoms with Crippen molar-refractivity contribution >= 4 is 39.1 Å². The zero-order chi connectivity index (χ0) is 19.9. The number of hydrazone groups is 1. The zero-order valence-corrected chi connectivity index (χ0v) is 17.8. The summed E-state index contributed by atoms with van der Waals surface area (Å²) in [4.78, 5) is 12.3. The number of unbranched alkanes of at least 4 members (excludes halogenated alkanes) is 1. The fraction of sp³-hybridized carbons (Fsp3) is 0.333. The predicted molar refractivity (Wildman–Crippen MR) is 116 cm³/mol. The van der Waals surface area contributed by atoms with Gasteiger partial charge in [-0.2, -0.15) is 5.10 Å². The van der Waals surface area contributed by atoms with E-state index in [4.69, 9.17) is 22.1 Å². The van der Waals surface area contributed by atoms with E-state index in [-0.39, 0.29) is 17.8 Å². The SMILES string of the molecule is NCCCCOc1ccc(C2CC(c3ccc(Br)cc3)=NN2C(=O)CCl)cc1. The molecule has 0 saturated heterocycles. The standard InChI is InChI=1S/C21H23BrClN3O2/c22-17-7-3-15(4-8-17)19-13-20(26(25-19)21(27)14-23)16-5-9-18(10-6-16)28-12-2-1-11-24/h3-10,20H,1-2,11-14,24H2. The first kappa shape index (κ1) is 20.8. The number of nitrogens with two attached hydrogens (primary N) is 1. The Labute approximate surface area is 178 Å². The molecule has 1 amide bonds. The molecular weight excluding hydrogens is 442 g/mol. The minimum absolute atomic E-state index is 0.101. The zero-order valence-electron chi connectivity index (χ0n) is 15.5. The van der Waals surface area contributed by atoms with Crippen LogP contribution < -0.4 is 10.5 Å². The molecule has 3 rings (SSSR count). The molecule has 0 aliphatic carbocycles. The largest absolute Gasteiger partial charge is 0.494 e. The van der Waals surface area contributed by atoms with Gasteiger partial charge in [-0.1, -0.05) is 40.2 Å². The lowest BCUT2D eigenvalue weighted by Gasteiger charge is -2.21. The monoisotopic (exact) mass is 463 g/mol. The summed E-state index contributed by atoms with van der Waals surface area (Å²) in [6.45, 7) is 1.32. The van der Waals surface area contributed by atoms with E-state index >= 15 is 0 Å². The maximum atomic E-state index is 12.3. The molecular formula is C21H23BrClN3O2. The van der Waals surface area contributed by atoms with E-state index in [1.165, 1.54) is 5.01 Å². The van der Waals surface area contributed by atoms with Crippen LogP contribution in [0.5, 0.6) is 5.75 Å². The Hall–Kier alpha value is -1.89. The molecule has 7 heteroatoms. The summed E-state index contributed by atoms with van der Waals surface area (Å²) in [6.07, 6.45) is 2.52. The lowest BCUT2D eigenvalue weighted by molar-refractivity contribution is -0.130. The Morgan fingerprint density at radius 1 is 1.18 bits per heavy atom. The molecule has 1 unspecified atom stereocenters. The average molecular weight is 465 g/mol. The molecule has 0 saturated carbocycles. The third kappa shape index (κ3) is 5.13. The fourth-order valence-electron chi connectivity index (χ4n) is 3.10. The molecule has 1 aliphatic rings. The lowest BCUT2D eigenvalue weighted by Crippen LogP contribution is -2.27. The van der Waals surface area contributed by atoms with Crippen molar-refractivity contribution in [3.8, 4) is 5.75 Å². The number of alkyl halides is 1. The van der Waals surface area contributed by atoms with Gasteiger partial charge in [-0.15, -0.1) is 11.6 Å². The molecule has 0 spiro atoms. The minimum Gasteiger partial charge on any atom is -0.494 e. The highest BCUT2D eigenvalue weighted by Gasteiger charge is 2.32. The molecule has 2 N–H and O–H groups in total. The topological polar surface area (TPSA) is 67.9 Å². The number of amides is 1. The van der Waals surface area contributed by atoms with Crippen molar-refractivity contribution < 1.29 is 9.53 Å². The molecule has 1 atom stereocenters. The van der Waals surface area contributed by atoms with Crippen molar-refractivity contribution in [1.82, 2.24) is 5.01 Å². The highest BCUT2D eigenvalue weighted by Crippen LogP contribution is 2.34. The van der Waals surface area contributed by atoms with Crippen molar-refractivity contribution in [3.63, 3.8) is 0 Å². The molecule has 0 fully saturated rings. The Morgan fingerprint density at radius 2 is 1.89 bits per heavy atom. The smallest absolute Gasteiger partial charge is 0.258 e. The number of carbonyl (C=O) groups excluding carboxylic acids is 1. The van der Waals surface area contributed by atoms with Crippen molar-refractivity contribution in [1.29, 1.82) is 0 Å². The van der Waals surface area contributed by atoms with Gasteiger partial charge in [0.1, 0.15) is 11.6 Å². The highest BCUT2D eigenvalue weighted by atomic mass is 79.9. The number of benzene rings is 2. The van der Waals surface area contributed by atoms with E-state index < -0.39 is 0 Å². The van der Waals surface area contributed by atoms with Gasteiger partial charge in [-0.05, 0) is 54.8 Å². The Kier molecular flexibility index (Phi) is 7.48. The predicted octanol–water partition coefficient (Wildman–Crippen LogP) is 4.48. The number of ether oxygens (including phenoxy) is 1. The van der Waals surface area contributed by atoms with E-state index in [9.17, 15) is 4.79 Å². The number of nitrogens with zero attached hydrogens (tertiary/aromatic N) is 2. The maximum Gasteiger partial charge on any atom is 0.258 e. The van der Waals surface area contributed by atoms with Crippen molar-refractivity contribution in [2.24, 2.45) is 10.8 Å². The van der Waals surface area contributed by atoms with Crippen LogP contribution in [0.1, 0.15) is 36.4 Å². The Balaban J connectivity index is 1.74. The summed E-state index contributed by atoms with van der Waals surface area (Å²) in [6, 6.07) is 15.6. The molecule has 2 aromatic rings. The van der Waals surface area contributed by atoms with Gasteiger partial charge in [0.2, 0.25) is 0 Å². The quantitative estimate of drug-likeness (QED) is 0.462. The summed E-state index contributed by atoms with van der Waals surface area (Å²) in [7, 11) is 0. The van der Waals surface area contributed by atoms with Crippen molar-refractivity contribution in [2.75, 3.05) is 19.0 Å². The van der Waals surface area contributed by atoms with E-state index in [1.807, 2.05) is 48.5 Å². The Morgan fingerprint density at radius 3 is 2.54 bits per heavy atom. The van der Waals surface area contributed by atoms with Crippen LogP contribution in [0.4, 0.5) is 0 Å². The van der Waals surface area contributed by atoms with Crippen LogP contribution in [0.15, 0.2) is 58.1 Å². The number of hydrogen-bond acceptors (Lipinski definition) is 4. The summed E-state index contributed by atoms with van der Waals surface area (Å²) in [5, 5.41) is 6.07. The highest BCUT2D eigenvalue weighted by molar-refractivity contribution is 9.10. The molecule has 5 nitrogen and oxygen atoms in total. The molecule has 2 aromatic carbocycles. The van der Waals surface area contributed by atoms with Crippen LogP contribution in [-0.2, 0) is 4.79 Å². The second-order valence-electron chi connectivity index (χ2n) is 6.56. The summed E-state index contributed by atoms with van der Waals surface area (Å²) < 4.78 is 6.73. The van der Waals surface area contributed by atoms with Crippen LogP contribution in [0.3, 0.4) is 0 Å². The van der Waals surface area contributed by atoms with Crippen LogP contribution in [-0.4, -0.2) is 35.7 Å². The second-order valence-corrected chi connectivity index (χ2v) is 7.74. The van der Waals surface area contributed by atoms with Crippen LogP contribution in [0, 0.1) is 0 Å². The van der Waals surface area contributed by atoms with Gasteiger partial charge in [-0.25, -0.2) is 5.01 Å². The van der Waals surface area contributed by atoms with E-state index in [0.29, 0.717) is 19.6 Å². The van der Waals surface area contributed by atoms with Gasteiger partial charge in [0, 0.05) is 10.9 Å². The minimum atomic E-state index is -0.208. The molecule has 28 heavy (non-hydrogen) atoms. The first-order valence-electron chi connectivity index (χ1n) is 9.26. The fourth-order valence-corrected chi connectivity index (χ4v) is 3.49. The summed E-state index contributed by atoms with van der Waals surface area (Å²) in [5.41, 5.74) is 8.37. The maximum absolute atomic E-state index is 12.3. The Bertz CT molecular complexity index is 825. The van der Waals surface area contributed by atoms with Gasteiger partial charge in [0.15, 0.2) is 0 Å². The van der Waals surface area contributed by atoms with Crippen LogP contribution in [0.25, 0.3) is 0 Å². The molecule has 0 bridgehead atoms. The first-order valence-corrected chi connectivity index (χ1v) is 10.6.